The van der Waals surface area contributed by atoms with Crippen molar-refractivity contribution in [3.63, 3.8) is 0 Å². The Hall–Kier alpha value is -1.55. The molecule has 0 atom stereocenters. The maximum atomic E-state index is 12.0. The molecule has 1 fully saturated rings. The molecule has 0 heterocycles. The Balaban J connectivity index is 2.08. The summed E-state index contributed by atoms with van der Waals surface area (Å²) in [7, 11) is 1.64. The Morgan fingerprint density at radius 1 is 1.42 bits per heavy atom. The van der Waals surface area contributed by atoms with Crippen LogP contribution in [0.15, 0.2) is 12.1 Å². The summed E-state index contributed by atoms with van der Waals surface area (Å²) < 4.78 is 5.36. The molecule has 0 spiro atoms. The van der Waals surface area contributed by atoms with E-state index in [9.17, 15) is 4.79 Å². The van der Waals surface area contributed by atoms with Gasteiger partial charge in [-0.05, 0) is 44.7 Å². The lowest BCUT2D eigenvalue weighted by Gasteiger charge is -2.37. The van der Waals surface area contributed by atoms with Gasteiger partial charge in [0, 0.05) is 23.2 Å². The normalized spacial score (nSPS) is 16.6. The van der Waals surface area contributed by atoms with Crippen molar-refractivity contribution in [1.82, 2.24) is 0 Å². The first kappa shape index (κ1) is 13.9. The van der Waals surface area contributed by atoms with Crippen LogP contribution in [0.2, 0.25) is 0 Å². The molecule has 0 aliphatic heterocycles. The molecule has 0 bridgehead atoms. The van der Waals surface area contributed by atoms with E-state index in [1.165, 1.54) is 0 Å². The van der Waals surface area contributed by atoms with Gasteiger partial charge in [0.2, 0.25) is 5.91 Å². The standard InChI is InChI=1S/C15H22N2O2/c1-10-5-6-12(11(2)14(10)19-3)17-13(18)9-15(16)7-4-8-15/h5-6H,4,7-9,16H2,1-3H3,(H,17,18). The third-order valence-electron chi connectivity index (χ3n) is 3.94. The number of rotatable bonds is 4. The Bertz CT molecular complexity index is 493. The number of amides is 1. The molecule has 1 saturated carbocycles. The average molecular weight is 262 g/mol. The van der Waals surface area contributed by atoms with E-state index in [4.69, 9.17) is 10.5 Å². The predicted molar refractivity (Wildman–Crippen MR) is 76.5 cm³/mol. The third-order valence-corrected chi connectivity index (χ3v) is 3.94. The number of nitrogens with two attached hydrogens (primary N) is 1. The van der Waals surface area contributed by atoms with Crippen molar-refractivity contribution in [3.8, 4) is 5.75 Å². The number of nitrogens with one attached hydrogen (secondary N) is 1. The van der Waals surface area contributed by atoms with Crippen molar-refractivity contribution in [3.05, 3.63) is 23.3 Å². The number of carbonyl (C=O) groups excluding carboxylic acids is 1. The molecule has 1 amide bonds. The number of benzene rings is 1. The fourth-order valence-corrected chi connectivity index (χ4v) is 2.60. The second-order valence-corrected chi connectivity index (χ2v) is 5.53. The highest BCUT2D eigenvalue weighted by molar-refractivity contribution is 5.92. The van der Waals surface area contributed by atoms with Gasteiger partial charge in [-0.15, -0.1) is 0 Å². The Labute approximate surface area is 114 Å². The molecule has 1 aliphatic rings. The molecule has 1 aromatic carbocycles. The molecule has 1 aliphatic carbocycles. The SMILES string of the molecule is COc1c(C)ccc(NC(=O)CC2(N)CCC2)c1C. The second kappa shape index (κ2) is 5.21. The van der Waals surface area contributed by atoms with Crippen molar-refractivity contribution in [2.75, 3.05) is 12.4 Å². The Morgan fingerprint density at radius 3 is 2.63 bits per heavy atom. The van der Waals surface area contributed by atoms with E-state index < -0.39 is 0 Å². The summed E-state index contributed by atoms with van der Waals surface area (Å²) in [6.07, 6.45) is 3.40. The van der Waals surface area contributed by atoms with Gasteiger partial charge in [0.05, 0.1) is 7.11 Å². The van der Waals surface area contributed by atoms with Gasteiger partial charge in [-0.3, -0.25) is 4.79 Å². The lowest BCUT2D eigenvalue weighted by atomic mass is 9.75. The van der Waals surface area contributed by atoms with Crippen LogP contribution < -0.4 is 15.8 Å². The summed E-state index contributed by atoms with van der Waals surface area (Å²) in [5.41, 5.74) is 8.62. The van der Waals surface area contributed by atoms with E-state index in [2.05, 4.69) is 5.32 Å². The predicted octanol–water partition coefficient (Wildman–Crippen LogP) is 2.52. The minimum Gasteiger partial charge on any atom is -0.496 e. The number of anilines is 1. The molecule has 4 heteroatoms. The van der Waals surface area contributed by atoms with Gasteiger partial charge in [0.15, 0.2) is 0 Å². The highest BCUT2D eigenvalue weighted by Gasteiger charge is 2.34. The van der Waals surface area contributed by atoms with Crippen LogP contribution in [-0.4, -0.2) is 18.6 Å². The van der Waals surface area contributed by atoms with E-state index in [-0.39, 0.29) is 11.4 Å². The van der Waals surface area contributed by atoms with Crippen LogP contribution in [0, 0.1) is 13.8 Å². The molecule has 19 heavy (non-hydrogen) atoms. The summed E-state index contributed by atoms with van der Waals surface area (Å²) >= 11 is 0. The summed E-state index contributed by atoms with van der Waals surface area (Å²) in [6, 6.07) is 3.86. The summed E-state index contributed by atoms with van der Waals surface area (Å²) in [4.78, 5) is 12.0. The molecule has 4 nitrogen and oxygen atoms in total. The van der Waals surface area contributed by atoms with Crippen LogP contribution in [0.5, 0.6) is 5.75 Å². The monoisotopic (exact) mass is 262 g/mol. The lowest BCUT2D eigenvalue weighted by molar-refractivity contribution is -0.118. The van der Waals surface area contributed by atoms with Crippen LogP contribution in [-0.2, 0) is 4.79 Å². The zero-order valence-corrected chi connectivity index (χ0v) is 11.9. The van der Waals surface area contributed by atoms with Gasteiger partial charge in [-0.2, -0.15) is 0 Å². The average Bonchev–Trinajstić information content (AvgIpc) is 2.31. The highest BCUT2D eigenvalue weighted by atomic mass is 16.5. The first-order chi connectivity index (χ1) is 8.95. The molecule has 3 N–H and O–H groups in total. The van der Waals surface area contributed by atoms with Gasteiger partial charge < -0.3 is 15.8 Å². The Kier molecular flexibility index (Phi) is 3.80. The van der Waals surface area contributed by atoms with Crippen molar-refractivity contribution in [1.29, 1.82) is 0 Å². The van der Waals surface area contributed by atoms with Crippen LogP contribution in [0.4, 0.5) is 5.69 Å². The molecular weight excluding hydrogens is 240 g/mol. The summed E-state index contributed by atoms with van der Waals surface area (Å²) in [5, 5.41) is 2.94. The van der Waals surface area contributed by atoms with E-state index in [0.29, 0.717) is 6.42 Å². The van der Waals surface area contributed by atoms with Crippen molar-refractivity contribution >= 4 is 11.6 Å². The van der Waals surface area contributed by atoms with Crippen LogP contribution in [0.1, 0.15) is 36.8 Å². The molecular formula is C15H22N2O2. The second-order valence-electron chi connectivity index (χ2n) is 5.53. The zero-order chi connectivity index (χ0) is 14.0. The zero-order valence-electron chi connectivity index (χ0n) is 11.9. The molecule has 0 unspecified atom stereocenters. The van der Waals surface area contributed by atoms with Gasteiger partial charge in [0.25, 0.3) is 0 Å². The van der Waals surface area contributed by atoms with Crippen LogP contribution >= 0.6 is 0 Å². The minimum absolute atomic E-state index is 0.0174. The van der Waals surface area contributed by atoms with E-state index in [1.807, 2.05) is 26.0 Å². The van der Waals surface area contributed by atoms with Crippen molar-refractivity contribution in [2.24, 2.45) is 5.73 Å². The number of hydrogen-bond acceptors (Lipinski definition) is 3. The van der Waals surface area contributed by atoms with E-state index in [0.717, 1.165) is 41.8 Å². The van der Waals surface area contributed by atoms with Crippen LogP contribution in [0.25, 0.3) is 0 Å². The molecule has 0 saturated heterocycles. The quantitative estimate of drug-likeness (QED) is 0.876. The smallest absolute Gasteiger partial charge is 0.226 e. The minimum atomic E-state index is -0.285. The maximum absolute atomic E-state index is 12.0. The van der Waals surface area contributed by atoms with E-state index in [1.54, 1.807) is 7.11 Å². The van der Waals surface area contributed by atoms with Gasteiger partial charge in [-0.1, -0.05) is 6.07 Å². The number of methoxy groups -OCH3 is 1. The molecule has 104 valence electrons. The van der Waals surface area contributed by atoms with Crippen LogP contribution in [0.3, 0.4) is 0 Å². The number of hydrogen-bond donors (Lipinski definition) is 2. The van der Waals surface area contributed by atoms with E-state index >= 15 is 0 Å². The van der Waals surface area contributed by atoms with Crippen molar-refractivity contribution in [2.45, 2.75) is 45.1 Å². The van der Waals surface area contributed by atoms with Gasteiger partial charge in [0.1, 0.15) is 5.75 Å². The fraction of sp³-hybridized carbons (Fsp3) is 0.533. The van der Waals surface area contributed by atoms with Gasteiger partial charge in [-0.25, -0.2) is 0 Å². The molecule has 0 aromatic heterocycles. The fourth-order valence-electron chi connectivity index (χ4n) is 2.60. The molecule has 2 rings (SSSR count). The number of ether oxygens (including phenoxy) is 1. The topological polar surface area (TPSA) is 64.3 Å². The van der Waals surface area contributed by atoms with Crippen molar-refractivity contribution < 1.29 is 9.53 Å². The number of carbonyl (C=O) groups is 1. The lowest BCUT2D eigenvalue weighted by Crippen LogP contribution is -2.48. The first-order valence-electron chi connectivity index (χ1n) is 6.68. The maximum Gasteiger partial charge on any atom is 0.226 e. The van der Waals surface area contributed by atoms with Gasteiger partial charge >= 0.3 is 0 Å². The highest BCUT2D eigenvalue weighted by Crippen LogP contribution is 2.33. The largest absolute Gasteiger partial charge is 0.496 e. The molecule has 0 radical (unpaired) electrons. The summed E-state index contributed by atoms with van der Waals surface area (Å²) in [6.45, 7) is 3.93. The Morgan fingerprint density at radius 2 is 2.11 bits per heavy atom. The third kappa shape index (κ3) is 2.89. The molecule has 1 aromatic rings. The number of aryl methyl sites for hydroxylation is 1. The first-order valence-corrected chi connectivity index (χ1v) is 6.68. The summed E-state index contributed by atoms with van der Waals surface area (Å²) in [5.74, 6) is 0.806.